The highest BCUT2D eigenvalue weighted by molar-refractivity contribution is 5.73. The van der Waals surface area contributed by atoms with Gasteiger partial charge >= 0.3 is 12.1 Å². The predicted octanol–water partition coefficient (Wildman–Crippen LogP) is 3.09. The molecule has 0 unspecified atom stereocenters. The number of hydrogen-bond acceptors (Lipinski definition) is 4. The lowest BCUT2D eigenvalue weighted by Gasteiger charge is -2.23. The molecular formula is C17H23NO4. The van der Waals surface area contributed by atoms with Gasteiger partial charge in [0.05, 0.1) is 26.2 Å². The summed E-state index contributed by atoms with van der Waals surface area (Å²) >= 11 is 0. The Balaban J connectivity index is 2.89. The van der Waals surface area contributed by atoms with Crippen LogP contribution in [-0.2, 0) is 14.3 Å². The van der Waals surface area contributed by atoms with Gasteiger partial charge in [0, 0.05) is 0 Å². The summed E-state index contributed by atoms with van der Waals surface area (Å²) in [6.45, 7) is 3.73. The van der Waals surface area contributed by atoms with Crippen molar-refractivity contribution in [3.63, 3.8) is 0 Å². The number of methoxy groups -OCH3 is 2. The zero-order valence-electron chi connectivity index (χ0n) is 13.4. The van der Waals surface area contributed by atoms with E-state index >= 15 is 0 Å². The van der Waals surface area contributed by atoms with E-state index in [1.165, 1.54) is 14.2 Å². The van der Waals surface area contributed by atoms with E-state index in [0.717, 1.165) is 5.56 Å². The minimum absolute atomic E-state index is 0.0198. The topological polar surface area (TPSA) is 64.6 Å². The molecule has 3 atom stereocenters. The van der Waals surface area contributed by atoms with Crippen LogP contribution in [0.3, 0.4) is 0 Å². The lowest BCUT2D eigenvalue weighted by molar-refractivity contribution is -0.143. The Kier molecular flexibility index (Phi) is 7.16. The summed E-state index contributed by atoms with van der Waals surface area (Å²) in [5.41, 5.74) is 0.968. The maximum absolute atomic E-state index is 11.6. The molecule has 0 saturated heterocycles. The van der Waals surface area contributed by atoms with Gasteiger partial charge in [-0.2, -0.15) is 0 Å². The standard InChI is InChI=1S/C17H23NO4/c1-12(10-11-13(2)16(19)21-3)15(18-17(20)22-4)14-8-6-5-7-9-14/h5-13,15H,1-4H3,(H,18,20)/b11-10+/t12-,13-,15+/m0/s1. The molecule has 0 radical (unpaired) electrons. The second-order valence-electron chi connectivity index (χ2n) is 5.08. The summed E-state index contributed by atoms with van der Waals surface area (Å²) in [7, 11) is 2.69. The highest BCUT2D eigenvalue weighted by Crippen LogP contribution is 2.23. The Morgan fingerprint density at radius 2 is 1.68 bits per heavy atom. The van der Waals surface area contributed by atoms with Crippen molar-refractivity contribution >= 4 is 12.1 Å². The van der Waals surface area contributed by atoms with Crippen molar-refractivity contribution in [3.05, 3.63) is 48.0 Å². The third kappa shape index (κ3) is 5.24. The maximum atomic E-state index is 11.6. The average Bonchev–Trinajstić information content (AvgIpc) is 2.56. The van der Waals surface area contributed by atoms with E-state index in [4.69, 9.17) is 4.74 Å². The number of benzene rings is 1. The molecular weight excluding hydrogens is 282 g/mol. The van der Waals surface area contributed by atoms with Crippen molar-refractivity contribution in [1.82, 2.24) is 5.32 Å². The number of amides is 1. The first-order valence-electron chi connectivity index (χ1n) is 7.15. The van der Waals surface area contributed by atoms with E-state index in [9.17, 15) is 9.59 Å². The molecule has 0 fully saturated rings. The fourth-order valence-corrected chi connectivity index (χ4v) is 2.08. The first-order valence-corrected chi connectivity index (χ1v) is 7.15. The summed E-state index contributed by atoms with van der Waals surface area (Å²) in [6, 6.07) is 9.38. The van der Waals surface area contributed by atoms with Gasteiger partial charge in [0.25, 0.3) is 0 Å². The van der Waals surface area contributed by atoms with Crippen LogP contribution in [0, 0.1) is 11.8 Å². The smallest absolute Gasteiger partial charge is 0.407 e. The molecule has 1 N–H and O–H groups in total. The average molecular weight is 305 g/mol. The predicted molar refractivity (Wildman–Crippen MR) is 84.2 cm³/mol. The Morgan fingerprint density at radius 3 is 2.23 bits per heavy atom. The molecule has 1 aromatic rings. The van der Waals surface area contributed by atoms with E-state index in [0.29, 0.717) is 0 Å². The summed E-state index contributed by atoms with van der Waals surface area (Å²) in [6.07, 6.45) is 3.19. The summed E-state index contributed by atoms with van der Waals surface area (Å²) in [4.78, 5) is 23.0. The molecule has 22 heavy (non-hydrogen) atoms. The summed E-state index contributed by atoms with van der Waals surface area (Å²) in [5, 5.41) is 2.82. The Bertz CT molecular complexity index is 513. The summed E-state index contributed by atoms with van der Waals surface area (Å²) < 4.78 is 9.38. The molecule has 120 valence electrons. The number of ether oxygens (including phenoxy) is 2. The summed E-state index contributed by atoms with van der Waals surface area (Å²) in [5.74, 6) is -0.642. The van der Waals surface area contributed by atoms with Crippen molar-refractivity contribution in [2.75, 3.05) is 14.2 Å². The van der Waals surface area contributed by atoms with Gasteiger partial charge in [-0.25, -0.2) is 4.79 Å². The molecule has 0 aliphatic carbocycles. The van der Waals surface area contributed by atoms with Gasteiger partial charge in [-0.3, -0.25) is 4.79 Å². The molecule has 0 saturated carbocycles. The number of nitrogens with one attached hydrogen (secondary N) is 1. The number of esters is 1. The third-order valence-corrected chi connectivity index (χ3v) is 3.42. The van der Waals surface area contributed by atoms with E-state index < -0.39 is 6.09 Å². The van der Waals surface area contributed by atoms with Crippen molar-refractivity contribution in [2.24, 2.45) is 11.8 Å². The van der Waals surface area contributed by atoms with E-state index in [-0.39, 0.29) is 23.8 Å². The number of hydrogen-bond donors (Lipinski definition) is 1. The molecule has 1 rings (SSSR count). The lowest BCUT2D eigenvalue weighted by atomic mass is 9.93. The largest absolute Gasteiger partial charge is 0.469 e. The van der Waals surface area contributed by atoms with Gasteiger partial charge in [0.15, 0.2) is 0 Å². The number of carbonyl (C=O) groups excluding carboxylic acids is 2. The molecule has 1 aromatic carbocycles. The molecule has 0 heterocycles. The number of alkyl carbamates (subject to hydrolysis) is 1. The fraction of sp³-hybridized carbons (Fsp3) is 0.412. The van der Waals surface area contributed by atoms with Crippen LogP contribution >= 0.6 is 0 Å². The lowest BCUT2D eigenvalue weighted by Crippen LogP contribution is -2.32. The van der Waals surface area contributed by atoms with E-state index in [1.54, 1.807) is 13.0 Å². The molecule has 0 aliphatic rings. The second kappa shape index (κ2) is 8.87. The van der Waals surface area contributed by atoms with Crippen LogP contribution in [0.5, 0.6) is 0 Å². The Hall–Kier alpha value is -2.30. The molecule has 0 aliphatic heterocycles. The van der Waals surface area contributed by atoms with Gasteiger partial charge in [-0.05, 0) is 18.4 Å². The van der Waals surface area contributed by atoms with Crippen LogP contribution in [-0.4, -0.2) is 26.3 Å². The molecule has 0 bridgehead atoms. The normalized spacial score (nSPS) is 14.9. The fourth-order valence-electron chi connectivity index (χ4n) is 2.08. The first-order chi connectivity index (χ1) is 10.5. The van der Waals surface area contributed by atoms with E-state index in [2.05, 4.69) is 10.1 Å². The second-order valence-corrected chi connectivity index (χ2v) is 5.08. The monoisotopic (exact) mass is 305 g/mol. The van der Waals surface area contributed by atoms with Crippen LogP contribution in [0.25, 0.3) is 0 Å². The van der Waals surface area contributed by atoms with E-state index in [1.807, 2.05) is 43.3 Å². The molecule has 0 aromatic heterocycles. The van der Waals surface area contributed by atoms with Gasteiger partial charge in [-0.1, -0.05) is 49.4 Å². The number of carbonyl (C=O) groups is 2. The van der Waals surface area contributed by atoms with Crippen molar-refractivity contribution < 1.29 is 19.1 Å². The minimum atomic E-state index is -0.491. The molecule has 5 nitrogen and oxygen atoms in total. The highest BCUT2D eigenvalue weighted by atomic mass is 16.5. The van der Waals surface area contributed by atoms with Crippen molar-refractivity contribution in [2.45, 2.75) is 19.9 Å². The number of rotatable bonds is 6. The molecule has 0 spiro atoms. The van der Waals surface area contributed by atoms with Crippen molar-refractivity contribution in [1.29, 1.82) is 0 Å². The first kappa shape index (κ1) is 17.8. The van der Waals surface area contributed by atoms with Crippen LogP contribution in [0.2, 0.25) is 0 Å². The van der Waals surface area contributed by atoms with Crippen molar-refractivity contribution in [3.8, 4) is 0 Å². The SMILES string of the molecule is COC(=O)N[C@@H](c1ccccc1)[C@@H](C)/C=C/[C@H](C)C(=O)OC. The minimum Gasteiger partial charge on any atom is -0.469 e. The van der Waals surface area contributed by atoms with Crippen LogP contribution in [0.4, 0.5) is 4.79 Å². The van der Waals surface area contributed by atoms with Gasteiger partial charge in [-0.15, -0.1) is 0 Å². The molecule has 5 heteroatoms. The van der Waals surface area contributed by atoms with Gasteiger partial charge in [0.2, 0.25) is 0 Å². The van der Waals surface area contributed by atoms with Crippen LogP contribution < -0.4 is 5.32 Å². The quantitative estimate of drug-likeness (QED) is 0.648. The Morgan fingerprint density at radius 1 is 1.05 bits per heavy atom. The van der Waals surface area contributed by atoms with Crippen LogP contribution in [0.1, 0.15) is 25.5 Å². The zero-order chi connectivity index (χ0) is 16.5. The van der Waals surface area contributed by atoms with Crippen LogP contribution in [0.15, 0.2) is 42.5 Å². The maximum Gasteiger partial charge on any atom is 0.407 e. The molecule has 1 amide bonds. The zero-order valence-corrected chi connectivity index (χ0v) is 13.4. The highest BCUT2D eigenvalue weighted by Gasteiger charge is 2.20. The van der Waals surface area contributed by atoms with Gasteiger partial charge < -0.3 is 14.8 Å². The Labute approximate surface area is 131 Å². The third-order valence-electron chi connectivity index (χ3n) is 3.42. The van der Waals surface area contributed by atoms with Gasteiger partial charge in [0.1, 0.15) is 0 Å².